The fourth-order valence-electron chi connectivity index (χ4n) is 2.03. The zero-order chi connectivity index (χ0) is 12.4. The number of carbonyl (C=O) groups excluding carboxylic acids is 1. The van der Waals surface area contributed by atoms with Crippen molar-refractivity contribution in [3.8, 4) is 0 Å². The number of nitrogens with one attached hydrogen (secondary N) is 2. The Kier molecular flexibility index (Phi) is 3.79. The maximum atomic E-state index is 13.5. The van der Waals surface area contributed by atoms with Crippen molar-refractivity contribution < 1.29 is 9.18 Å². The first-order chi connectivity index (χ1) is 8.08. The molecule has 1 amide bonds. The van der Waals surface area contributed by atoms with E-state index in [9.17, 15) is 9.18 Å². The first-order valence-corrected chi connectivity index (χ1v) is 6.36. The molecule has 1 aliphatic rings. The fraction of sp³-hybridized carbons (Fsp3) is 0.417. The standard InChI is InChI=1S/C12H14BrFN2O/c1-7-9(4-5-15-7)12(17)16-11-3-2-8(13)6-10(11)14/h2-3,6-7,9,15H,4-5H2,1H3,(H,16,17). The maximum Gasteiger partial charge on any atom is 0.229 e. The van der Waals surface area contributed by atoms with E-state index in [-0.39, 0.29) is 23.6 Å². The van der Waals surface area contributed by atoms with Crippen LogP contribution < -0.4 is 10.6 Å². The molecule has 0 aliphatic carbocycles. The number of hydrogen-bond acceptors (Lipinski definition) is 2. The molecule has 1 heterocycles. The lowest BCUT2D eigenvalue weighted by atomic mass is 10.0. The predicted molar refractivity (Wildman–Crippen MR) is 68.3 cm³/mol. The average molecular weight is 301 g/mol. The molecule has 1 fully saturated rings. The summed E-state index contributed by atoms with van der Waals surface area (Å²) in [6.45, 7) is 2.80. The summed E-state index contributed by atoms with van der Waals surface area (Å²) in [6.07, 6.45) is 0.797. The predicted octanol–water partition coefficient (Wildman–Crippen LogP) is 2.52. The molecule has 1 aromatic rings. The van der Waals surface area contributed by atoms with Gasteiger partial charge >= 0.3 is 0 Å². The third-order valence-corrected chi connectivity index (χ3v) is 3.54. The third kappa shape index (κ3) is 2.84. The van der Waals surface area contributed by atoms with Gasteiger partial charge in [-0.25, -0.2) is 4.39 Å². The van der Waals surface area contributed by atoms with Crippen LogP contribution in [-0.4, -0.2) is 18.5 Å². The van der Waals surface area contributed by atoms with Crippen LogP contribution in [0.25, 0.3) is 0 Å². The minimum Gasteiger partial charge on any atom is -0.323 e. The second-order valence-corrected chi connectivity index (χ2v) is 5.17. The van der Waals surface area contributed by atoms with Gasteiger partial charge in [-0.15, -0.1) is 0 Å². The van der Waals surface area contributed by atoms with Gasteiger partial charge in [0.1, 0.15) is 5.82 Å². The molecule has 0 saturated carbocycles. The summed E-state index contributed by atoms with van der Waals surface area (Å²) in [5, 5.41) is 5.83. The number of anilines is 1. The van der Waals surface area contributed by atoms with Crippen LogP contribution in [0.2, 0.25) is 0 Å². The fourth-order valence-corrected chi connectivity index (χ4v) is 2.37. The van der Waals surface area contributed by atoms with Gasteiger partial charge < -0.3 is 10.6 Å². The molecule has 1 saturated heterocycles. The molecule has 2 atom stereocenters. The zero-order valence-electron chi connectivity index (χ0n) is 9.47. The number of benzene rings is 1. The molecular weight excluding hydrogens is 287 g/mol. The molecule has 2 N–H and O–H groups in total. The monoisotopic (exact) mass is 300 g/mol. The summed E-state index contributed by atoms with van der Waals surface area (Å²) >= 11 is 3.18. The number of amides is 1. The molecule has 0 radical (unpaired) electrons. The second kappa shape index (κ2) is 5.14. The summed E-state index contributed by atoms with van der Waals surface area (Å²) in [4.78, 5) is 11.9. The molecule has 5 heteroatoms. The van der Waals surface area contributed by atoms with Gasteiger partial charge in [0.2, 0.25) is 5.91 Å². The van der Waals surface area contributed by atoms with E-state index in [2.05, 4.69) is 26.6 Å². The van der Waals surface area contributed by atoms with Gasteiger partial charge in [-0.05, 0) is 38.1 Å². The van der Waals surface area contributed by atoms with Gasteiger partial charge in [-0.3, -0.25) is 4.79 Å². The van der Waals surface area contributed by atoms with E-state index < -0.39 is 5.82 Å². The summed E-state index contributed by atoms with van der Waals surface area (Å²) < 4.78 is 14.2. The number of rotatable bonds is 2. The molecule has 2 rings (SSSR count). The van der Waals surface area contributed by atoms with Gasteiger partial charge in [0.05, 0.1) is 11.6 Å². The molecule has 17 heavy (non-hydrogen) atoms. The Morgan fingerprint density at radius 1 is 1.59 bits per heavy atom. The molecule has 1 aromatic carbocycles. The first kappa shape index (κ1) is 12.5. The largest absolute Gasteiger partial charge is 0.323 e. The molecular formula is C12H14BrFN2O. The van der Waals surface area contributed by atoms with Crippen molar-refractivity contribution in [1.29, 1.82) is 0 Å². The van der Waals surface area contributed by atoms with E-state index in [1.54, 1.807) is 12.1 Å². The van der Waals surface area contributed by atoms with E-state index in [1.807, 2.05) is 6.92 Å². The van der Waals surface area contributed by atoms with E-state index in [1.165, 1.54) is 6.07 Å². The minimum absolute atomic E-state index is 0.0851. The Morgan fingerprint density at radius 3 is 2.94 bits per heavy atom. The quantitative estimate of drug-likeness (QED) is 0.881. The number of carbonyl (C=O) groups is 1. The maximum absolute atomic E-state index is 13.5. The van der Waals surface area contributed by atoms with Crippen LogP contribution in [0, 0.1) is 11.7 Å². The van der Waals surface area contributed by atoms with E-state index in [0.29, 0.717) is 4.47 Å². The lowest BCUT2D eigenvalue weighted by Crippen LogP contribution is -2.32. The summed E-state index contributed by atoms with van der Waals surface area (Å²) in [6, 6.07) is 4.75. The molecule has 0 aromatic heterocycles. The zero-order valence-corrected chi connectivity index (χ0v) is 11.1. The lowest BCUT2D eigenvalue weighted by Gasteiger charge is -2.15. The van der Waals surface area contributed by atoms with Crippen LogP contribution >= 0.6 is 15.9 Å². The van der Waals surface area contributed by atoms with E-state index in [0.717, 1.165) is 13.0 Å². The van der Waals surface area contributed by atoms with Gasteiger partial charge in [-0.2, -0.15) is 0 Å². The second-order valence-electron chi connectivity index (χ2n) is 4.25. The minimum atomic E-state index is -0.425. The third-order valence-electron chi connectivity index (χ3n) is 3.05. The van der Waals surface area contributed by atoms with Crippen molar-refractivity contribution in [2.24, 2.45) is 5.92 Å². The average Bonchev–Trinajstić information content (AvgIpc) is 2.68. The molecule has 0 spiro atoms. The van der Waals surface area contributed by atoms with Crippen LogP contribution in [0.3, 0.4) is 0 Å². The number of halogens is 2. The summed E-state index contributed by atoms with van der Waals surface area (Å²) in [5.41, 5.74) is 0.234. The highest BCUT2D eigenvalue weighted by atomic mass is 79.9. The molecule has 0 bridgehead atoms. The first-order valence-electron chi connectivity index (χ1n) is 5.57. The number of hydrogen-bond donors (Lipinski definition) is 2. The topological polar surface area (TPSA) is 41.1 Å². The summed E-state index contributed by atoms with van der Waals surface area (Å²) in [5.74, 6) is -0.631. The Morgan fingerprint density at radius 2 is 2.35 bits per heavy atom. The van der Waals surface area contributed by atoms with Crippen LogP contribution in [-0.2, 0) is 4.79 Å². The van der Waals surface area contributed by atoms with Crippen LogP contribution in [0.5, 0.6) is 0 Å². The van der Waals surface area contributed by atoms with Gasteiger partial charge in [0.15, 0.2) is 0 Å². The van der Waals surface area contributed by atoms with Crippen molar-refractivity contribution in [3.63, 3.8) is 0 Å². The Hall–Kier alpha value is -0.940. The van der Waals surface area contributed by atoms with Crippen LogP contribution in [0.15, 0.2) is 22.7 Å². The van der Waals surface area contributed by atoms with Crippen molar-refractivity contribution in [2.45, 2.75) is 19.4 Å². The van der Waals surface area contributed by atoms with Gasteiger partial charge in [-0.1, -0.05) is 15.9 Å². The molecule has 3 nitrogen and oxygen atoms in total. The smallest absolute Gasteiger partial charge is 0.229 e. The molecule has 1 aliphatic heterocycles. The van der Waals surface area contributed by atoms with Crippen molar-refractivity contribution >= 4 is 27.5 Å². The van der Waals surface area contributed by atoms with Crippen molar-refractivity contribution in [3.05, 3.63) is 28.5 Å². The highest BCUT2D eigenvalue weighted by Crippen LogP contribution is 2.22. The SMILES string of the molecule is CC1NCCC1C(=O)Nc1ccc(Br)cc1F. The highest BCUT2D eigenvalue weighted by molar-refractivity contribution is 9.10. The lowest BCUT2D eigenvalue weighted by molar-refractivity contribution is -0.120. The van der Waals surface area contributed by atoms with Gasteiger partial charge in [0.25, 0.3) is 0 Å². The van der Waals surface area contributed by atoms with Crippen molar-refractivity contribution in [2.75, 3.05) is 11.9 Å². The highest BCUT2D eigenvalue weighted by Gasteiger charge is 2.29. The molecule has 92 valence electrons. The summed E-state index contributed by atoms with van der Waals surface area (Å²) in [7, 11) is 0. The van der Waals surface area contributed by atoms with Crippen molar-refractivity contribution in [1.82, 2.24) is 5.32 Å². The van der Waals surface area contributed by atoms with Gasteiger partial charge in [0, 0.05) is 10.5 Å². The molecule has 2 unspecified atom stereocenters. The Labute approximate surface area is 108 Å². The normalized spacial score (nSPS) is 23.7. The van der Waals surface area contributed by atoms with Crippen LogP contribution in [0.4, 0.5) is 10.1 Å². The van der Waals surface area contributed by atoms with E-state index in [4.69, 9.17) is 0 Å². The van der Waals surface area contributed by atoms with Crippen LogP contribution in [0.1, 0.15) is 13.3 Å². The van der Waals surface area contributed by atoms with E-state index >= 15 is 0 Å². The Balaban J connectivity index is 2.07. The Bertz CT molecular complexity index is 439.